The molecule has 0 aromatic heterocycles. The molecule has 0 heterocycles. The molecule has 30 heavy (non-hydrogen) atoms. The van der Waals surface area contributed by atoms with Crippen LogP contribution in [0.1, 0.15) is 34.6 Å². The fourth-order valence-electron chi connectivity index (χ4n) is 2.62. The molecule has 6 nitrogen and oxygen atoms in total. The molecular weight excluding hydrogens is 384 g/mol. The molecule has 0 radical (unpaired) electrons. The molecule has 6 heteroatoms. The van der Waals surface area contributed by atoms with Gasteiger partial charge < -0.3 is 18.9 Å². The van der Waals surface area contributed by atoms with E-state index >= 15 is 0 Å². The summed E-state index contributed by atoms with van der Waals surface area (Å²) in [6.45, 7) is 4.89. The SMILES string of the molecule is CCOc1ccc(C(=O)Oc2ccc(OC(=O)c3ccc(OCC)cc3)cc2)cc1. The predicted molar refractivity (Wildman–Crippen MR) is 112 cm³/mol. The summed E-state index contributed by atoms with van der Waals surface area (Å²) in [6, 6.07) is 19.7. The average Bonchev–Trinajstić information content (AvgIpc) is 2.76. The second-order valence-corrected chi connectivity index (χ2v) is 6.17. The van der Waals surface area contributed by atoms with Gasteiger partial charge in [-0.25, -0.2) is 9.59 Å². The molecule has 0 aliphatic heterocycles. The molecule has 3 aromatic carbocycles. The topological polar surface area (TPSA) is 71.1 Å². The quantitative estimate of drug-likeness (QED) is 0.391. The summed E-state index contributed by atoms with van der Waals surface area (Å²) in [4.78, 5) is 24.5. The molecule has 3 rings (SSSR count). The van der Waals surface area contributed by atoms with E-state index in [0.29, 0.717) is 47.3 Å². The molecular formula is C24H22O6. The van der Waals surface area contributed by atoms with E-state index in [1.807, 2.05) is 13.8 Å². The van der Waals surface area contributed by atoms with Gasteiger partial charge in [0, 0.05) is 0 Å². The summed E-state index contributed by atoms with van der Waals surface area (Å²) in [5.74, 6) is 1.08. The number of carbonyl (C=O) groups excluding carboxylic acids is 2. The van der Waals surface area contributed by atoms with Crippen molar-refractivity contribution in [3.63, 3.8) is 0 Å². The van der Waals surface area contributed by atoms with E-state index < -0.39 is 11.9 Å². The summed E-state index contributed by atoms with van der Waals surface area (Å²) < 4.78 is 21.4. The van der Waals surface area contributed by atoms with E-state index in [1.54, 1.807) is 72.8 Å². The van der Waals surface area contributed by atoms with E-state index in [0.717, 1.165) is 0 Å². The van der Waals surface area contributed by atoms with Crippen LogP contribution in [0.15, 0.2) is 72.8 Å². The van der Waals surface area contributed by atoms with Gasteiger partial charge in [-0.05, 0) is 86.6 Å². The van der Waals surface area contributed by atoms with Crippen LogP contribution < -0.4 is 18.9 Å². The van der Waals surface area contributed by atoms with Gasteiger partial charge >= 0.3 is 11.9 Å². The lowest BCUT2D eigenvalue weighted by atomic mass is 10.2. The van der Waals surface area contributed by atoms with Crippen molar-refractivity contribution in [2.45, 2.75) is 13.8 Å². The Bertz CT molecular complexity index is 893. The van der Waals surface area contributed by atoms with Crippen LogP contribution in [-0.4, -0.2) is 25.2 Å². The van der Waals surface area contributed by atoms with Crippen molar-refractivity contribution in [3.05, 3.63) is 83.9 Å². The summed E-state index contributed by atoms with van der Waals surface area (Å²) >= 11 is 0. The van der Waals surface area contributed by atoms with Gasteiger partial charge in [0.05, 0.1) is 24.3 Å². The van der Waals surface area contributed by atoms with Gasteiger partial charge in [0.15, 0.2) is 0 Å². The van der Waals surface area contributed by atoms with Crippen LogP contribution in [0, 0.1) is 0 Å². The molecule has 0 amide bonds. The molecule has 0 fully saturated rings. The third kappa shape index (κ3) is 5.61. The third-order valence-electron chi connectivity index (χ3n) is 4.05. The average molecular weight is 406 g/mol. The van der Waals surface area contributed by atoms with Gasteiger partial charge in [0.1, 0.15) is 23.0 Å². The first-order valence-corrected chi connectivity index (χ1v) is 9.59. The third-order valence-corrected chi connectivity index (χ3v) is 4.05. The molecule has 0 atom stereocenters. The fourth-order valence-corrected chi connectivity index (χ4v) is 2.62. The first-order chi connectivity index (χ1) is 14.6. The largest absolute Gasteiger partial charge is 0.494 e. The van der Waals surface area contributed by atoms with E-state index in [-0.39, 0.29) is 0 Å². The second kappa shape index (κ2) is 10.1. The second-order valence-electron chi connectivity index (χ2n) is 6.17. The Balaban J connectivity index is 1.57. The van der Waals surface area contributed by atoms with Crippen molar-refractivity contribution in [2.24, 2.45) is 0 Å². The molecule has 0 N–H and O–H groups in total. The molecule has 0 aliphatic carbocycles. The number of rotatable bonds is 8. The first kappa shape index (κ1) is 20.9. The number of hydrogen-bond acceptors (Lipinski definition) is 6. The molecule has 0 aliphatic rings. The Morgan fingerprint density at radius 1 is 0.533 bits per heavy atom. The predicted octanol–water partition coefficient (Wildman–Crippen LogP) is 4.92. The van der Waals surface area contributed by atoms with Crippen LogP contribution in [0.25, 0.3) is 0 Å². The maximum atomic E-state index is 12.2. The highest BCUT2D eigenvalue weighted by Crippen LogP contribution is 2.21. The minimum absolute atomic E-state index is 0.342. The lowest BCUT2D eigenvalue weighted by Gasteiger charge is -2.08. The standard InChI is InChI=1S/C24H22O6/c1-3-27-19-9-5-17(6-10-19)23(25)29-21-13-15-22(16-14-21)30-24(26)18-7-11-20(12-8-18)28-4-2/h5-16H,3-4H2,1-2H3. The summed E-state index contributed by atoms with van der Waals surface area (Å²) in [5, 5.41) is 0. The zero-order valence-corrected chi connectivity index (χ0v) is 16.8. The van der Waals surface area contributed by atoms with Crippen LogP contribution in [0.5, 0.6) is 23.0 Å². The maximum absolute atomic E-state index is 12.2. The lowest BCUT2D eigenvalue weighted by molar-refractivity contribution is 0.0719. The van der Waals surface area contributed by atoms with Crippen molar-refractivity contribution < 1.29 is 28.5 Å². The summed E-state index contributed by atoms with van der Waals surface area (Å²) in [7, 11) is 0. The lowest BCUT2D eigenvalue weighted by Crippen LogP contribution is -2.09. The van der Waals surface area contributed by atoms with Crippen molar-refractivity contribution >= 4 is 11.9 Å². The first-order valence-electron chi connectivity index (χ1n) is 9.59. The monoisotopic (exact) mass is 406 g/mol. The summed E-state index contributed by atoms with van der Waals surface area (Å²) in [6.07, 6.45) is 0. The number of ether oxygens (including phenoxy) is 4. The normalized spacial score (nSPS) is 10.2. The van der Waals surface area contributed by atoms with E-state index in [2.05, 4.69) is 0 Å². The number of esters is 2. The van der Waals surface area contributed by atoms with Crippen LogP contribution in [-0.2, 0) is 0 Å². The molecule has 0 unspecified atom stereocenters. The van der Waals surface area contributed by atoms with Gasteiger partial charge in [-0.1, -0.05) is 0 Å². The molecule has 3 aromatic rings. The van der Waals surface area contributed by atoms with E-state index in [1.165, 1.54) is 0 Å². The highest BCUT2D eigenvalue weighted by molar-refractivity contribution is 5.92. The van der Waals surface area contributed by atoms with Gasteiger partial charge in [0.25, 0.3) is 0 Å². The van der Waals surface area contributed by atoms with Crippen LogP contribution >= 0.6 is 0 Å². The van der Waals surface area contributed by atoms with Crippen LogP contribution in [0.3, 0.4) is 0 Å². The Morgan fingerprint density at radius 3 is 1.13 bits per heavy atom. The molecule has 0 saturated heterocycles. The van der Waals surface area contributed by atoms with Crippen LogP contribution in [0.2, 0.25) is 0 Å². The van der Waals surface area contributed by atoms with Crippen molar-refractivity contribution in [2.75, 3.05) is 13.2 Å². The van der Waals surface area contributed by atoms with E-state index in [4.69, 9.17) is 18.9 Å². The van der Waals surface area contributed by atoms with Gasteiger partial charge in [-0.15, -0.1) is 0 Å². The molecule has 0 saturated carbocycles. The Hall–Kier alpha value is -3.80. The zero-order chi connectivity index (χ0) is 21.3. The Morgan fingerprint density at radius 2 is 0.833 bits per heavy atom. The molecule has 154 valence electrons. The fraction of sp³-hybridized carbons (Fsp3) is 0.167. The maximum Gasteiger partial charge on any atom is 0.343 e. The zero-order valence-electron chi connectivity index (χ0n) is 16.8. The van der Waals surface area contributed by atoms with E-state index in [9.17, 15) is 9.59 Å². The number of carbonyl (C=O) groups is 2. The van der Waals surface area contributed by atoms with Crippen LogP contribution in [0.4, 0.5) is 0 Å². The summed E-state index contributed by atoms with van der Waals surface area (Å²) in [5.41, 5.74) is 0.814. The molecule has 0 bridgehead atoms. The van der Waals surface area contributed by atoms with Crippen molar-refractivity contribution in [3.8, 4) is 23.0 Å². The van der Waals surface area contributed by atoms with Gasteiger partial charge in [0.2, 0.25) is 0 Å². The van der Waals surface area contributed by atoms with Gasteiger partial charge in [-0.2, -0.15) is 0 Å². The highest BCUT2D eigenvalue weighted by atomic mass is 16.5. The highest BCUT2D eigenvalue weighted by Gasteiger charge is 2.11. The van der Waals surface area contributed by atoms with Crippen molar-refractivity contribution in [1.82, 2.24) is 0 Å². The van der Waals surface area contributed by atoms with Gasteiger partial charge in [-0.3, -0.25) is 0 Å². The number of hydrogen-bond donors (Lipinski definition) is 0. The Labute approximate surface area is 175 Å². The minimum Gasteiger partial charge on any atom is -0.494 e. The molecule has 0 spiro atoms. The Kier molecular flexibility index (Phi) is 7.05. The van der Waals surface area contributed by atoms with Crippen molar-refractivity contribution in [1.29, 1.82) is 0 Å². The number of benzene rings is 3. The minimum atomic E-state index is -0.489. The smallest absolute Gasteiger partial charge is 0.343 e.